The number of carbonyl (C=O) groups excluding carboxylic acids is 3. The summed E-state index contributed by atoms with van der Waals surface area (Å²) >= 11 is 0. The van der Waals surface area contributed by atoms with Gasteiger partial charge in [0.15, 0.2) is 11.9 Å². The number of epoxide rings is 1. The molecule has 1 aromatic carbocycles. The maximum absolute atomic E-state index is 18.4. The Balaban J connectivity index is 0.764. The van der Waals surface area contributed by atoms with Gasteiger partial charge in [-0.3, -0.25) is 14.9 Å². The lowest BCUT2D eigenvalue weighted by atomic mass is 9.28. The zero-order valence-corrected chi connectivity index (χ0v) is 54.5. The summed E-state index contributed by atoms with van der Waals surface area (Å²) in [5.41, 5.74) is -4.84. The Hall–Kier alpha value is -4.89. The first kappa shape index (κ1) is 57.1. The topological polar surface area (TPSA) is 181 Å². The minimum atomic E-state index is -1.55. The minimum absolute atomic E-state index is 0.0196. The third-order valence-corrected chi connectivity index (χ3v) is 33.5. The zero-order chi connectivity index (χ0) is 62.6. The number of benzene rings is 1. The molecule has 5 saturated heterocycles. The lowest BCUT2D eigenvalue weighted by Crippen LogP contribution is -2.83. The molecule has 7 spiro atoms. The van der Waals surface area contributed by atoms with Gasteiger partial charge in [-0.05, 0) is 214 Å². The molecule has 20 aliphatic rings. The highest BCUT2D eigenvalue weighted by Gasteiger charge is 3.02. The zero-order valence-electron chi connectivity index (χ0n) is 54.5. The number of nitrogens with zero attached hydrogens (tertiary/aromatic N) is 1. The normalized spacial score (nSPS) is 54.8. The molecule has 1 aromatic heterocycles. The molecule has 7 aliphatic heterocycles. The largest absolute Gasteiger partial charge is 0.469 e. The van der Waals surface area contributed by atoms with E-state index in [2.05, 4.69) is 108 Å². The number of allylic oxidation sites excluding steroid dienone is 7. The van der Waals surface area contributed by atoms with Gasteiger partial charge in [-0.2, -0.15) is 0 Å². The molecule has 14 fully saturated rings. The van der Waals surface area contributed by atoms with E-state index >= 15 is 19.5 Å². The number of ketones is 1. The van der Waals surface area contributed by atoms with Crippen LogP contribution in [0.5, 0.6) is 0 Å². The number of hydrogen-bond donors (Lipinski definition) is 4. The van der Waals surface area contributed by atoms with Gasteiger partial charge >= 0.3 is 11.9 Å². The van der Waals surface area contributed by atoms with Crippen molar-refractivity contribution in [3.8, 4) is 0 Å². The molecular weight excluding hydrogens is 1180 g/mol. The first-order chi connectivity index (χ1) is 45.8. The van der Waals surface area contributed by atoms with Crippen LogP contribution in [0.25, 0.3) is 0 Å². The predicted octanol–water partition coefficient (Wildman–Crippen LogP) is 11.1. The summed E-state index contributed by atoms with van der Waals surface area (Å²) in [6, 6.07) is 13.3. The molecule has 8 bridgehead atoms. The van der Waals surface area contributed by atoms with E-state index in [-0.39, 0.29) is 89.6 Å². The first-order valence-corrected chi connectivity index (χ1v) is 37.8. The average Bonchev–Trinajstić information content (AvgIpc) is 1.40. The number of rotatable bonds is 9. The van der Waals surface area contributed by atoms with Crippen LogP contribution in [0.15, 0.2) is 119 Å². The van der Waals surface area contributed by atoms with Crippen LogP contribution in [0, 0.1) is 133 Å². The van der Waals surface area contributed by atoms with Gasteiger partial charge < -0.3 is 43.6 Å². The number of furan rings is 1. The Labute approximate surface area is 552 Å². The fourth-order valence-electron chi connectivity index (χ4n) is 31.3. The van der Waals surface area contributed by atoms with Crippen LogP contribution in [0.4, 0.5) is 0 Å². The number of carbonyl (C=O) groups is 3. The van der Waals surface area contributed by atoms with Crippen LogP contribution >= 0.6 is 0 Å². The summed E-state index contributed by atoms with van der Waals surface area (Å²) in [6.07, 6.45) is 40.2. The van der Waals surface area contributed by atoms with E-state index in [0.29, 0.717) is 60.7 Å². The summed E-state index contributed by atoms with van der Waals surface area (Å²) in [5, 5.41) is 42.0. The number of aliphatic hydroxyl groups is 3. The van der Waals surface area contributed by atoms with Gasteiger partial charge in [-0.1, -0.05) is 118 Å². The van der Waals surface area contributed by atoms with Crippen LogP contribution in [-0.2, 0) is 46.2 Å². The summed E-state index contributed by atoms with van der Waals surface area (Å²) in [5.74, 6) is 0.628. The Morgan fingerprint density at radius 3 is 2.65 bits per heavy atom. The van der Waals surface area contributed by atoms with E-state index in [1.807, 2.05) is 6.07 Å². The Morgan fingerprint density at radius 1 is 0.862 bits per heavy atom. The second kappa shape index (κ2) is 18.7. The molecule has 494 valence electrons. The molecule has 4 N–H and O–H groups in total. The molecule has 31 unspecified atom stereocenters. The number of nitrogens with one attached hydrogen (secondary N) is 1. The lowest BCUT2D eigenvalue weighted by molar-refractivity contribution is -0.309. The van der Waals surface area contributed by atoms with Crippen molar-refractivity contribution >= 4 is 17.7 Å². The molecule has 13 aliphatic carbocycles. The van der Waals surface area contributed by atoms with Gasteiger partial charge in [0.1, 0.15) is 41.2 Å². The van der Waals surface area contributed by atoms with Crippen molar-refractivity contribution in [1.29, 1.82) is 0 Å². The van der Waals surface area contributed by atoms with Crippen molar-refractivity contribution in [1.82, 2.24) is 10.2 Å². The second-order valence-electron chi connectivity index (χ2n) is 35.7. The smallest absolute Gasteiger partial charge is 0.339 e. The molecule has 13 nitrogen and oxygen atoms in total. The van der Waals surface area contributed by atoms with Crippen molar-refractivity contribution in [2.45, 2.75) is 183 Å². The van der Waals surface area contributed by atoms with Crippen molar-refractivity contribution in [2.75, 3.05) is 26.4 Å². The van der Waals surface area contributed by atoms with Crippen molar-refractivity contribution in [3.63, 3.8) is 0 Å². The monoisotopic (exact) mass is 1270 g/mol. The number of ether oxygens (including phenoxy) is 4. The quantitative estimate of drug-likeness (QED) is 0.106. The third kappa shape index (κ3) is 6.11. The van der Waals surface area contributed by atoms with Gasteiger partial charge in [0.2, 0.25) is 0 Å². The number of aliphatic hydroxyl groups excluding tert-OH is 3. The Bertz CT molecular complexity index is 3850. The predicted molar refractivity (Wildman–Crippen MR) is 345 cm³/mol. The number of hydrogen-bond acceptors (Lipinski definition) is 13. The third-order valence-electron chi connectivity index (χ3n) is 33.5. The maximum atomic E-state index is 18.4. The van der Waals surface area contributed by atoms with E-state index in [4.69, 9.17) is 18.6 Å². The second-order valence-corrected chi connectivity index (χ2v) is 35.7. The molecule has 31 atom stereocenters. The molecule has 22 rings (SSSR count). The van der Waals surface area contributed by atoms with E-state index in [9.17, 15) is 14.9 Å². The molecular formula is C81H94N2O11. The minimum Gasteiger partial charge on any atom is -0.469 e. The van der Waals surface area contributed by atoms with E-state index < -0.39 is 86.1 Å². The molecule has 0 amide bonds. The first-order valence-electron chi connectivity index (χ1n) is 37.8. The average molecular weight is 1270 g/mol. The molecule has 94 heavy (non-hydrogen) atoms. The van der Waals surface area contributed by atoms with Gasteiger partial charge in [0, 0.05) is 52.7 Å². The Kier molecular flexibility index (Phi) is 11.3. The van der Waals surface area contributed by atoms with Crippen molar-refractivity contribution in [3.05, 3.63) is 132 Å². The van der Waals surface area contributed by atoms with Crippen molar-refractivity contribution in [2.24, 2.45) is 133 Å². The number of esters is 2. The van der Waals surface area contributed by atoms with E-state index in [1.54, 1.807) is 6.26 Å². The van der Waals surface area contributed by atoms with E-state index in [0.717, 1.165) is 102 Å². The molecule has 9 saturated carbocycles. The molecule has 13 heteroatoms. The van der Waals surface area contributed by atoms with Crippen LogP contribution in [0.3, 0.4) is 0 Å². The van der Waals surface area contributed by atoms with Crippen LogP contribution < -0.4 is 5.32 Å². The number of fused-ring (bicyclic) bond motifs is 7. The highest BCUT2D eigenvalue weighted by atomic mass is 16.7. The van der Waals surface area contributed by atoms with Crippen LogP contribution in [0.2, 0.25) is 0 Å². The van der Waals surface area contributed by atoms with Gasteiger partial charge in [0.25, 0.3) is 0 Å². The molecule has 0 radical (unpaired) electrons. The highest BCUT2D eigenvalue weighted by Crippen LogP contribution is 2.94. The Morgan fingerprint density at radius 2 is 1.76 bits per heavy atom. The lowest BCUT2D eigenvalue weighted by Gasteiger charge is -2.73. The summed E-state index contributed by atoms with van der Waals surface area (Å²) in [4.78, 5) is 53.6. The van der Waals surface area contributed by atoms with Crippen molar-refractivity contribution < 1.29 is 53.1 Å². The fraction of sp³-hybridized carbons (Fsp3) is 0.691. The summed E-state index contributed by atoms with van der Waals surface area (Å²) in [7, 11) is 0. The standard InChI is InChI=1S/C81H94N2O11/c1-73-37-50-38-74-36-45-20-25-77(74)72(89)91-41-76-66(50)78(51-12-7-10-44(29-51)28-43-8-3-2-4-9-43,81(73)70(93-81)71(88)92-69(73)57-23-27-90-63(57)35-58(62(85)40-84)48-15-18-56-49(31-48)22-26-83-42-82-39-61(56)83)68(87)65(86)67(76)79-52-17-14-47-16-19-59-55-13-6-5-11-46(55)21-24-75(59,60(47)33-52)64(79)34-54(32-53(74)30-45)80(76,77)94-79/h2-4,8-9,14,16-17,20-27,34,44-46,48-53,55-56,58-62,64,66-70,82,84-85,87H,5-7,10-13,15,18-19,28-33,35-42H2,1H3. The van der Waals surface area contributed by atoms with Crippen LogP contribution in [-0.4, -0.2) is 106 Å². The van der Waals surface area contributed by atoms with E-state index in [1.165, 1.54) is 42.4 Å². The van der Waals surface area contributed by atoms with Gasteiger partial charge in [-0.15, -0.1) is 0 Å². The summed E-state index contributed by atoms with van der Waals surface area (Å²) < 4.78 is 38.2. The highest BCUT2D eigenvalue weighted by molar-refractivity contribution is 5.96. The fourth-order valence-corrected chi connectivity index (χ4v) is 31.3. The number of cyclic esters (lactones) is 2. The summed E-state index contributed by atoms with van der Waals surface area (Å²) in [6.45, 7) is 3.78. The molecule has 2 aromatic rings. The molecule has 8 heterocycles. The van der Waals surface area contributed by atoms with Gasteiger partial charge in [0.05, 0.1) is 42.6 Å². The van der Waals surface area contributed by atoms with Gasteiger partial charge in [-0.25, -0.2) is 4.79 Å². The number of Topliss-reactive ketones (excluding diaryl/α,β-unsaturated/α-hetero) is 1. The van der Waals surface area contributed by atoms with Crippen LogP contribution in [0.1, 0.15) is 145 Å². The SMILES string of the molecule is CC12CC3CC45CC6C=CC47C(=O)OCC48C(C(=O)C(O)C(C9CCCC(Cc%10ccccc%10)C9)(C34)C13OC3C(=O)OC2c1ccoc1CC(C(O)CO)C1CCC2C(C=CN3CNCC23)C1)C12OC87C(=CC1C13C=CC4CCCCC4C1CC=C1C=CC2CC13)CC5C6. The maximum Gasteiger partial charge on any atom is 0.339 e.